The lowest BCUT2D eigenvalue weighted by molar-refractivity contribution is -0.151. The molecule has 3 rings (SSSR count). The minimum atomic E-state index is -0.715. The maximum absolute atomic E-state index is 12.0. The summed E-state index contributed by atoms with van der Waals surface area (Å²) in [4.78, 5) is 12.0. The van der Waals surface area contributed by atoms with Crippen molar-refractivity contribution >= 4 is 5.91 Å². The summed E-state index contributed by atoms with van der Waals surface area (Å²) in [6, 6.07) is 20.5. The first-order valence-corrected chi connectivity index (χ1v) is 10.8. The van der Waals surface area contributed by atoms with Crippen LogP contribution in [-0.4, -0.2) is 42.5 Å². The lowest BCUT2D eigenvalue weighted by atomic mass is 9.91. The van der Waals surface area contributed by atoms with E-state index in [1.807, 2.05) is 38.1 Å². The molecule has 1 aliphatic rings. The number of hydrogen-bond donors (Lipinski definition) is 2. The van der Waals surface area contributed by atoms with Crippen molar-refractivity contribution in [3.8, 4) is 0 Å². The zero-order chi connectivity index (χ0) is 21.6. The highest BCUT2D eigenvalue weighted by Crippen LogP contribution is 2.33. The lowest BCUT2D eigenvalue weighted by Crippen LogP contribution is -2.54. The van der Waals surface area contributed by atoms with Gasteiger partial charge in [0.15, 0.2) is 5.79 Å². The molecule has 0 saturated carbocycles. The van der Waals surface area contributed by atoms with Gasteiger partial charge in [0, 0.05) is 13.0 Å². The van der Waals surface area contributed by atoms with E-state index >= 15 is 0 Å². The van der Waals surface area contributed by atoms with E-state index in [4.69, 9.17) is 9.47 Å². The van der Waals surface area contributed by atoms with Crippen LogP contribution in [0.5, 0.6) is 0 Å². The molecule has 0 radical (unpaired) electrons. The number of ether oxygens (including phenoxy) is 2. The summed E-state index contributed by atoms with van der Waals surface area (Å²) in [5.74, 6) is -0.779. The average Bonchev–Trinajstić information content (AvgIpc) is 3.04. The maximum Gasteiger partial charge on any atom is 0.217 e. The fourth-order valence-electron chi connectivity index (χ4n) is 4.25. The number of benzene rings is 2. The third-order valence-corrected chi connectivity index (χ3v) is 5.41. The van der Waals surface area contributed by atoms with Gasteiger partial charge in [0.05, 0.1) is 6.04 Å². The Bertz CT molecular complexity index is 795. The largest absolute Gasteiger partial charge is 0.351 e. The van der Waals surface area contributed by atoms with Gasteiger partial charge in [0.2, 0.25) is 5.91 Å². The summed E-state index contributed by atoms with van der Waals surface area (Å²) >= 11 is 0. The molecular formula is C25H34N2O3. The standard InChI is InChI=1S/C25H34N2O3/c1-5-26-21(16-19-12-8-6-9-13-19)23-24(30-25(3,4)29-23)22(27-18(2)28)17-20-14-10-7-11-15-20/h6-15,21-24,26H,5,16-17H2,1-4H3,(H,27,28). The molecule has 0 bridgehead atoms. The summed E-state index contributed by atoms with van der Waals surface area (Å²) < 4.78 is 12.8. The van der Waals surface area contributed by atoms with Gasteiger partial charge in [-0.3, -0.25) is 4.79 Å². The zero-order valence-electron chi connectivity index (χ0n) is 18.4. The molecule has 4 unspecified atom stereocenters. The molecule has 5 nitrogen and oxygen atoms in total. The Kier molecular flexibility index (Phi) is 7.64. The SMILES string of the molecule is CCNC(Cc1ccccc1)C1OC(C)(C)OC1C(Cc1ccccc1)NC(C)=O. The third kappa shape index (κ3) is 6.14. The Labute approximate surface area is 180 Å². The van der Waals surface area contributed by atoms with Crippen LogP contribution in [0.3, 0.4) is 0 Å². The predicted molar refractivity (Wildman–Crippen MR) is 119 cm³/mol. The quantitative estimate of drug-likeness (QED) is 0.665. The zero-order valence-corrected chi connectivity index (χ0v) is 18.4. The van der Waals surface area contributed by atoms with Crippen molar-refractivity contribution in [3.05, 3.63) is 71.8 Å². The summed E-state index contributed by atoms with van der Waals surface area (Å²) in [5, 5.41) is 6.72. The van der Waals surface area contributed by atoms with E-state index in [0.29, 0.717) is 6.42 Å². The van der Waals surface area contributed by atoms with Crippen LogP contribution in [0.15, 0.2) is 60.7 Å². The number of hydrogen-bond acceptors (Lipinski definition) is 4. The monoisotopic (exact) mass is 410 g/mol. The number of nitrogens with one attached hydrogen (secondary N) is 2. The van der Waals surface area contributed by atoms with Crippen LogP contribution >= 0.6 is 0 Å². The highest BCUT2D eigenvalue weighted by molar-refractivity contribution is 5.73. The first kappa shape index (κ1) is 22.5. The van der Waals surface area contributed by atoms with Gasteiger partial charge in [0.25, 0.3) is 0 Å². The van der Waals surface area contributed by atoms with Gasteiger partial charge in [-0.1, -0.05) is 67.6 Å². The smallest absolute Gasteiger partial charge is 0.217 e. The second-order valence-corrected chi connectivity index (χ2v) is 8.42. The first-order chi connectivity index (χ1) is 14.4. The van der Waals surface area contributed by atoms with Crippen molar-refractivity contribution in [2.75, 3.05) is 6.54 Å². The van der Waals surface area contributed by atoms with Crippen LogP contribution in [0, 0.1) is 0 Å². The van der Waals surface area contributed by atoms with Crippen LogP contribution < -0.4 is 10.6 Å². The molecule has 30 heavy (non-hydrogen) atoms. The maximum atomic E-state index is 12.0. The van der Waals surface area contributed by atoms with E-state index in [-0.39, 0.29) is 30.2 Å². The van der Waals surface area contributed by atoms with Crippen molar-refractivity contribution in [1.29, 1.82) is 0 Å². The summed E-state index contributed by atoms with van der Waals surface area (Å²) in [6.45, 7) is 8.37. The molecule has 1 aliphatic heterocycles. The molecule has 5 heteroatoms. The van der Waals surface area contributed by atoms with Crippen molar-refractivity contribution in [1.82, 2.24) is 10.6 Å². The summed E-state index contributed by atoms with van der Waals surface area (Å²) in [6.07, 6.45) is 1.05. The van der Waals surface area contributed by atoms with E-state index < -0.39 is 5.79 Å². The van der Waals surface area contributed by atoms with Crippen molar-refractivity contribution < 1.29 is 14.3 Å². The van der Waals surface area contributed by atoms with Gasteiger partial charge in [-0.05, 0) is 44.4 Å². The first-order valence-electron chi connectivity index (χ1n) is 10.8. The van der Waals surface area contributed by atoms with E-state index in [9.17, 15) is 4.79 Å². The molecule has 2 aromatic rings. The molecule has 1 amide bonds. The van der Waals surface area contributed by atoms with Crippen LogP contribution in [0.4, 0.5) is 0 Å². The molecule has 1 heterocycles. The van der Waals surface area contributed by atoms with E-state index in [1.54, 1.807) is 6.92 Å². The molecule has 4 atom stereocenters. The predicted octanol–water partition coefficient (Wildman–Crippen LogP) is 3.47. The Morgan fingerprint density at radius 3 is 1.83 bits per heavy atom. The Hall–Kier alpha value is -2.21. The molecule has 0 aliphatic carbocycles. The number of amides is 1. The van der Waals surface area contributed by atoms with Gasteiger partial charge in [0.1, 0.15) is 12.2 Å². The van der Waals surface area contributed by atoms with Gasteiger partial charge in [-0.25, -0.2) is 0 Å². The molecule has 1 fully saturated rings. The highest BCUT2D eigenvalue weighted by atomic mass is 16.8. The molecule has 0 aromatic heterocycles. The van der Waals surface area contributed by atoms with E-state index in [2.05, 4.69) is 54.0 Å². The Balaban J connectivity index is 1.87. The van der Waals surface area contributed by atoms with Gasteiger partial charge in [-0.15, -0.1) is 0 Å². The fourth-order valence-corrected chi connectivity index (χ4v) is 4.25. The number of carbonyl (C=O) groups excluding carboxylic acids is 1. The average molecular weight is 411 g/mol. The van der Waals surface area contributed by atoms with Gasteiger partial charge in [-0.2, -0.15) is 0 Å². The van der Waals surface area contributed by atoms with Crippen molar-refractivity contribution in [2.45, 2.75) is 70.6 Å². The van der Waals surface area contributed by atoms with Crippen molar-refractivity contribution in [2.24, 2.45) is 0 Å². The molecule has 0 spiro atoms. The highest BCUT2D eigenvalue weighted by Gasteiger charge is 2.48. The number of likely N-dealkylation sites (N-methyl/N-ethyl adjacent to an activating group) is 1. The van der Waals surface area contributed by atoms with Crippen LogP contribution in [0.1, 0.15) is 38.8 Å². The van der Waals surface area contributed by atoms with Gasteiger partial charge < -0.3 is 20.1 Å². The topological polar surface area (TPSA) is 59.6 Å². The summed E-state index contributed by atoms with van der Waals surface area (Å²) in [7, 11) is 0. The van der Waals surface area contributed by atoms with Crippen LogP contribution in [0.2, 0.25) is 0 Å². The van der Waals surface area contributed by atoms with E-state index in [0.717, 1.165) is 18.5 Å². The molecule has 162 valence electrons. The molecule has 2 aromatic carbocycles. The molecule has 2 N–H and O–H groups in total. The van der Waals surface area contributed by atoms with Gasteiger partial charge >= 0.3 is 0 Å². The van der Waals surface area contributed by atoms with E-state index in [1.165, 1.54) is 5.56 Å². The second kappa shape index (κ2) is 10.2. The second-order valence-electron chi connectivity index (χ2n) is 8.42. The van der Waals surface area contributed by atoms with Crippen LogP contribution in [0.25, 0.3) is 0 Å². The molecule has 1 saturated heterocycles. The van der Waals surface area contributed by atoms with Crippen molar-refractivity contribution in [3.63, 3.8) is 0 Å². The van der Waals surface area contributed by atoms with Crippen LogP contribution in [-0.2, 0) is 27.1 Å². The summed E-state index contributed by atoms with van der Waals surface area (Å²) in [5.41, 5.74) is 2.40. The normalized spacial score (nSPS) is 22.4. The third-order valence-electron chi connectivity index (χ3n) is 5.41. The lowest BCUT2D eigenvalue weighted by Gasteiger charge is -2.32. The number of carbonyl (C=O) groups is 1. The Morgan fingerprint density at radius 2 is 1.37 bits per heavy atom. The number of rotatable bonds is 9. The minimum Gasteiger partial charge on any atom is -0.351 e. The molecular weight excluding hydrogens is 376 g/mol. The fraction of sp³-hybridized carbons (Fsp3) is 0.480. The minimum absolute atomic E-state index is 0.0638. The Morgan fingerprint density at radius 1 is 0.900 bits per heavy atom.